The predicted octanol–water partition coefficient (Wildman–Crippen LogP) is 1.64. The van der Waals surface area contributed by atoms with Crippen LogP contribution in [0.2, 0.25) is 0 Å². The first-order chi connectivity index (χ1) is 10.7. The standard InChI is InChI=1S/C16H17N3O3/c17-19-15(20)14(13-9-5-2-6-10-13)18-16(21)22-11-12-7-3-1-4-8-12/h1-10,14H,11,17H2,(H,18,21)(H,19,20)/t14-/m0/s1. The Morgan fingerprint density at radius 3 is 2.18 bits per heavy atom. The number of hydrazine groups is 1. The maximum Gasteiger partial charge on any atom is 0.408 e. The molecule has 2 amide bonds. The van der Waals surface area contributed by atoms with Crippen molar-refractivity contribution in [2.45, 2.75) is 12.6 Å². The average Bonchev–Trinajstić information content (AvgIpc) is 2.59. The van der Waals surface area contributed by atoms with Gasteiger partial charge in [0.2, 0.25) is 0 Å². The Morgan fingerprint density at radius 1 is 1.00 bits per heavy atom. The number of ether oxygens (including phenoxy) is 1. The number of hydrogen-bond acceptors (Lipinski definition) is 4. The Morgan fingerprint density at radius 2 is 1.59 bits per heavy atom. The lowest BCUT2D eigenvalue weighted by Gasteiger charge is -2.17. The monoisotopic (exact) mass is 299 g/mol. The number of nitrogens with one attached hydrogen (secondary N) is 2. The number of carbonyl (C=O) groups excluding carboxylic acids is 2. The molecule has 0 aliphatic rings. The molecule has 6 heteroatoms. The van der Waals surface area contributed by atoms with Crippen LogP contribution in [-0.2, 0) is 16.1 Å². The third kappa shape index (κ3) is 4.32. The van der Waals surface area contributed by atoms with E-state index in [0.29, 0.717) is 5.56 Å². The van der Waals surface area contributed by atoms with Gasteiger partial charge in [-0.25, -0.2) is 10.6 Å². The molecule has 0 unspecified atom stereocenters. The number of amides is 2. The second-order valence-corrected chi connectivity index (χ2v) is 4.56. The Bertz CT molecular complexity index is 617. The van der Waals surface area contributed by atoms with Gasteiger partial charge < -0.3 is 10.1 Å². The molecule has 0 saturated heterocycles. The molecular formula is C16H17N3O3. The van der Waals surface area contributed by atoms with E-state index in [9.17, 15) is 9.59 Å². The van der Waals surface area contributed by atoms with Gasteiger partial charge in [0.05, 0.1) is 0 Å². The van der Waals surface area contributed by atoms with Crippen molar-refractivity contribution in [2.75, 3.05) is 0 Å². The van der Waals surface area contributed by atoms with Crippen LogP contribution in [0.1, 0.15) is 17.2 Å². The molecule has 0 spiro atoms. The Balaban J connectivity index is 1.98. The summed E-state index contributed by atoms with van der Waals surface area (Å²) in [5.74, 6) is 4.63. The minimum atomic E-state index is -0.908. The second kappa shape index (κ2) is 7.80. The summed E-state index contributed by atoms with van der Waals surface area (Å²) in [6.07, 6.45) is -0.693. The SMILES string of the molecule is NNC(=O)[C@@H](NC(=O)OCc1ccccc1)c1ccccc1. The van der Waals surface area contributed by atoms with E-state index in [1.807, 2.05) is 41.8 Å². The smallest absolute Gasteiger partial charge is 0.408 e. The van der Waals surface area contributed by atoms with Crippen molar-refractivity contribution in [3.8, 4) is 0 Å². The first-order valence-electron chi connectivity index (χ1n) is 6.73. The highest BCUT2D eigenvalue weighted by atomic mass is 16.5. The highest BCUT2D eigenvalue weighted by Gasteiger charge is 2.22. The lowest BCUT2D eigenvalue weighted by molar-refractivity contribution is -0.123. The van der Waals surface area contributed by atoms with Crippen LogP contribution in [0.4, 0.5) is 4.79 Å². The van der Waals surface area contributed by atoms with Crippen LogP contribution < -0.4 is 16.6 Å². The van der Waals surface area contributed by atoms with Crippen molar-refractivity contribution in [3.05, 3.63) is 71.8 Å². The van der Waals surface area contributed by atoms with Crippen LogP contribution >= 0.6 is 0 Å². The molecular weight excluding hydrogens is 282 g/mol. The van der Waals surface area contributed by atoms with Crippen LogP contribution in [0.5, 0.6) is 0 Å². The van der Waals surface area contributed by atoms with Gasteiger partial charge in [-0.2, -0.15) is 0 Å². The molecule has 0 aromatic heterocycles. The lowest BCUT2D eigenvalue weighted by Crippen LogP contribution is -2.43. The topological polar surface area (TPSA) is 93.5 Å². The van der Waals surface area contributed by atoms with Crippen LogP contribution in [0.15, 0.2) is 60.7 Å². The van der Waals surface area contributed by atoms with Crippen molar-refractivity contribution in [2.24, 2.45) is 5.84 Å². The summed E-state index contributed by atoms with van der Waals surface area (Å²) in [7, 11) is 0. The minimum absolute atomic E-state index is 0.123. The van der Waals surface area contributed by atoms with Gasteiger partial charge >= 0.3 is 6.09 Å². The molecule has 0 bridgehead atoms. The fourth-order valence-electron chi connectivity index (χ4n) is 1.91. The summed E-state index contributed by atoms with van der Waals surface area (Å²) in [4.78, 5) is 23.7. The van der Waals surface area contributed by atoms with Crippen LogP contribution in [0, 0.1) is 0 Å². The molecule has 0 saturated carbocycles. The Labute approximate surface area is 128 Å². The molecule has 0 radical (unpaired) electrons. The lowest BCUT2D eigenvalue weighted by atomic mass is 10.1. The number of rotatable bonds is 5. The van der Waals surface area contributed by atoms with Crippen LogP contribution in [0.25, 0.3) is 0 Å². The van der Waals surface area contributed by atoms with Crippen molar-refractivity contribution >= 4 is 12.0 Å². The molecule has 114 valence electrons. The second-order valence-electron chi connectivity index (χ2n) is 4.56. The zero-order chi connectivity index (χ0) is 15.8. The maximum atomic E-state index is 11.9. The molecule has 1 atom stereocenters. The molecule has 2 aromatic carbocycles. The summed E-state index contributed by atoms with van der Waals surface area (Å²) in [6.45, 7) is 0.123. The van der Waals surface area contributed by atoms with Gasteiger partial charge in [-0.15, -0.1) is 0 Å². The molecule has 2 rings (SSSR count). The van der Waals surface area contributed by atoms with E-state index in [1.165, 1.54) is 0 Å². The van der Waals surface area contributed by atoms with Gasteiger partial charge in [-0.05, 0) is 11.1 Å². The average molecular weight is 299 g/mol. The summed E-state index contributed by atoms with van der Waals surface area (Å²) >= 11 is 0. The van der Waals surface area contributed by atoms with Crippen molar-refractivity contribution in [3.63, 3.8) is 0 Å². The number of nitrogens with two attached hydrogens (primary N) is 1. The molecule has 22 heavy (non-hydrogen) atoms. The van der Waals surface area contributed by atoms with Crippen molar-refractivity contribution in [1.82, 2.24) is 10.7 Å². The van der Waals surface area contributed by atoms with E-state index in [-0.39, 0.29) is 6.61 Å². The first kappa shape index (κ1) is 15.5. The minimum Gasteiger partial charge on any atom is -0.445 e. The van der Waals surface area contributed by atoms with E-state index in [4.69, 9.17) is 10.6 Å². The van der Waals surface area contributed by atoms with Gasteiger partial charge in [0.25, 0.3) is 5.91 Å². The molecule has 2 aromatic rings. The third-order valence-corrected chi connectivity index (χ3v) is 3.01. The van der Waals surface area contributed by atoms with Gasteiger partial charge in [0, 0.05) is 0 Å². The van der Waals surface area contributed by atoms with E-state index < -0.39 is 18.0 Å². The zero-order valence-electron chi connectivity index (χ0n) is 11.9. The number of alkyl carbamates (subject to hydrolysis) is 1. The van der Waals surface area contributed by atoms with E-state index in [1.54, 1.807) is 24.3 Å². The van der Waals surface area contributed by atoms with Gasteiger partial charge in [0.1, 0.15) is 12.6 Å². The predicted molar refractivity (Wildman–Crippen MR) is 81.3 cm³/mol. The number of hydrogen-bond donors (Lipinski definition) is 3. The van der Waals surface area contributed by atoms with E-state index >= 15 is 0 Å². The molecule has 4 N–H and O–H groups in total. The van der Waals surface area contributed by atoms with Crippen molar-refractivity contribution < 1.29 is 14.3 Å². The maximum absolute atomic E-state index is 11.9. The third-order valence-electron chi connectivity index (χ3n) is 3.01. The molecule has 6 nitrogen and oxygen atoms in total. The summed E-state index contributed by atoms with van der Waals surface area (Å²) < 4.78 is 5.10. The molecule has 0 heterocycles. The van der Waals surface area contributed by atoms with E-state index in [2.05, 4.69) is 5.32 Å². The van der Waals surface area contributed by atoms with Gasteiger partial charge in [0.15, 0.2) is 0 Å². The largest absolute Gasteiger partial charge is 0.445 e. The molecule has 0 aliphatic heterocycles. The van der Waals surface area contributed by atoms with Crippen LogP contribution in [-0.4, -0.2) is 12.0 Å². The highest BCUT2D eigenvalue weighted by Crippen LogP contribution is 2.13. The fraction of sp³-hybridized carbons (Fsp3) is 0.125. The van der Waals surface area contributed by atoms with Crippen molar-refractivity contribution in [1.29, 1.82) is 0 Å². The van der Waals surface area contributed by atoms with Crippen LogP contribution in [0.3, 0.4) is 0 Å². The normalized spacial score (nSPS) is 11.3. The Kier molecular flexibility index (Phi) is 5.50. The van der Waals surface area contributed by atoms with Gasteiger partial charge in [-0.3, -0.25) is 10.2 Å². The Hall–Kier alpha value is -2.86. The summed E-state index contributed by atoms with van der Waals surface area (Å²) in [5, 5.41) is 2.50. The fourth-order valence-corrected chi connectivity index (χ4v) is 1.91. The molecule has 0 aliphatic carbocycles. The zero-order valence-corrected chi connectivity index (χ0v) is 11.9. The number of carbonyl (C=O) groups is 2. The summed E-state index contributed by atoms with van der Waals surface area (Å²) in [5.41, 5.74) is 3.51. The highest BCUT2D eigenvalue weighted by molar-refractivity contribution is 5.86. The molecule has 0 fully saturated rings. The van der Waals surface area contributed by atoms with Gasteiger partial charge in [-0.1, -0.05) is 60.7 Å². The number of benzene rings is 2. The quantitative estimate of drug-likeness (QED) is 0.444. The van der Waals surface area contributed by atoms with E-state index in [0.717, 1.165) is 5.56 Å². The summed E-state index contributed by atoms with van der Waals surface area (Å²) in [6, 6.07) is 17.1. The first-order valence-corrected chi connectivity index (χ1v) is 6.73.